The van der Waals surface area contributed by atoms with Crippen LogP contribution in [0, 0.1) is 5.92 Å². The Balaban J connectivity index is 0.00000121. The molecule has 1 aliphatic carbocycles. The second-order valence-corrected chi connectivity index (χ2v) is 2.73. The minimum absolute atomic E-state index is 0. The van der Waals surface area contributed by atoms with Crippen molar-refractivity contribution < 1.29 is 0 Å². The predicted octanol–water partition coefficient (Wildman–Crippen LogP) is 3.89. The summed E-state index contributed by atoms with van der Waals surface area (Å²) in [5, 5.41) is 0. The van der Waals surface area contributed by atoms with Crippen LogP contribution < -0.4 is 0 Å². The highest BCUT2D eigenvalue weighted by Gasteiger charge is 2.00. The Morgan fingerprint density at radius 1 is 1.25 bits per heavy atom. The van der Waals surface area contributed by atoms with Gasteiger partial charge in [-0.25, -0.2) is 0 Å². The zero-order valence-corrected chi connectivity index (χ0v) is 7.12. The summed E-state index contributed by atoms with van der Waals surface area (Å²) in [7, 11) is 0. The topological polar surface area (TPSA) is 0 Å². The molecular formula is C12H18. The number of hydrogen-bond acceptors (Lipinski definition) is 0. The molecule has 1 aliphatic rings. The zero-order chi connectivity index (χ0) is 8.10. The largest absolute Gasteiger partial charge is 0.0874 e. The molecule has 0 aromatic heterocycles. The normalized spacial score (nSPS) is 21.8. The molecule has 0 spiro atoms. The van der Waals surface area contributed by atoms with Crippen molar-refractivity contribution in [3.05, 3.63) is 48.1 Å². The molecular weight excluding hydrogens is 144 g/mol. The van der Waals surface area contributed by atoms with Gasteiger partial charge in [0.1, 0.15) is 0 Å². The van der Waals surface area contributed by atoms with Gasteiger partial charge >= 0.3 is 0 Å². The van der Waals surface area contributed by atoms with Gasteiger partial charge in [-0.15, -0.1) is 0 Å². The quantitative estimate of drug-likeness (QED) is 0.548. The van der Waals surface area contributed by atoms with E-state index < -0.39 is 0 Å². The smallest absolute Gasteiger partial charge is 0.000744 e. The number of allylic oxidation sites excluding steroid dienone is 8. The first-order chi connectivity index (χ1) is 5.34. The lowest BCUT2D eigenvalue weighted by Crippen LogP contribution is -1.90. The summed E-state index contributed by atoms with van der Waals surface area (Å²) in [6.07, 6.45) is 14.8. The molecule has 1 atom stereocenters. The lowest BCUT2D eigenvalue weighted by atomic mass is 10.0. The molecule has 0 aliphatic heterocycles. The van der Waals surface area contributed by atoms with Gasteiger partial charge in [0, 0.05) is 0 Å². The van der Waals surface area contributed by atoms with Crippen molar-refractivity contribution in [3.63, 3.8) is 0 Å². The molecule has 0 heteroatoms. The van der Waals surface area contributed by atoms with Crippen molar-refractivity contribution in [1.82, 2.24) is 0 Å². The van der Waals surface area contributed by atoms with Crippen LogP contribution in [0.25, 0.3) is 0 Å². The molecule has 0 N–H and O–H groups in total. The van der Waals surface area contributed by atoms with Crippen molar-refractivity contribution in [2.75, 3.05) is 0 Å². The van der Waals surface area contributed by atoms with E-state index in [1.54, 1.807) is 0 Å². The Bertz CT molecular complexity index is 226. The average molecular weight is 162 g/mol. The Labute approximate surface area is 76.0 Å². The Morgan fingerprint density at radius 2 is 2.00 bits per heavy atom. The second-order valence-electron chi connectivity index (χ2n) is 2.73. The SMILES string of the molecule is C.C/C=C\C1=CC=CC=CC1C. The third kappa shape index (κ3) is 2.91. The first-order valence-electron chi connectivity index (χ1n) is 4.02. The van der Waals surface area contributed by atoms with Crippen LogP contribution in [0.2, 0.25) is 0 Å². The molecule has 0 heterocycles. The highest BCUT2D eigenvalue weighted by molar-refractivity contribution is 5.32. The van der Waals surface area contributed by atoms with E-state index in [4.69, 9.17) is 0 Å². The molecule has 0 radical (unpaired) electrons. The van der Waals surface area contributed by atoms with Crippen LogP contribution in [0.15, 0.2) is 48.1 Å². The third-order valence-electron chi connectivity index (χ3n) is 1.80. The van der Waals surface area contributed by atoms with E-state index in [0.29, 0.717) is 5.92 Å². The van der Waals surface area contributed by atoms with Gasteiger partial charge in [0.05, 0.1) is 0 Å². The van der Waals surface area contributed by atoms with Crippen molar-refractivity contribution in [3.8, 4) is 0 Å². The molecule has 0 fully saturated rings. The van der Waals surface area contributed by atoms with Gasteiger partial charge in [-0.3, -0.25) is 0 Å². The summed E-state index contributed by atoms with van der Waals surface area (Å²) in [6, 6.07) is 0. The van der Waals surface area contributed by atoms with Gasteiger partial charge in [-0.1, -0.05) is 56.9 Å². The van der Waals surface area contributed by atoms with Gasteiger partial charge in [0.25, 0.3) is 0 Å². The molecule has 0 bridgehead atoms. The fourth-order valence-corrected chi connectivity index (χ4v) is 1.12. The molecule has 12 heavy (non-hydrogen) atoms. The van der Waals surface area contributed by atoms with Gasteiger partial charge < -0.3 is 0 Å². The highest BCUT2D eigenvalue weighted by atomic mass is 14.1. The summed E-state index contributed by atoms with van der Waals surface area (Å²) >= 11 is 0. The van der Waals surface area contributed by atoms with Gasteiger partial charge in [0.2, 0.25) is 0 Å². The number of hydrogen-bond donors (Lipinski definition) is 0. The molecule has 0 nitrogen and oxygen atoms in total. The summed E-state index contributed by atoms with van der Waals surface area (Å²) in [5.41, 5.74) is 1.37. The molecule has 0 saturated carbocycles. The van der Waals surface area contributed by atoms with E-state index in [9.17, 15) is 0 Å². The maximum Gasteiger partial charge on any atom is -0.000744 e. The van der Waals surface area contributed by atoms with E-state index in [-0.39, 0.29) is 7.43 Å². The Hall–Kier alpha value is -1.04. The zero-order valence-electron chi connectivity index (χ0n) is 7.12. The van der Waals surface area contributed by atoms with Crippen LogP contribution in [0.5, 0.6) is 0 Å². The van der Waals surface area contributed by atoms with Crippen LogP contribution in [-0.2, 0) is 0 Å². The lowest BCUT2D eigenvalue weighted by Gasteiger charge is -2.04. The van der Waals surface area contributed by atoms with Crippen molar-refractivity contribution in [2.45, 2.75) is 21.3 Å². The minimum Gasteiger partial charge on any atom is -0.0874 e. The summed E-state index contributed by atoms with van der Waals surface area (Å²) in [5.74, 6) is 0.543. The predicted molar refractivity (Wildman–Crippen MR) is 57.1 cm³/mol. The van der Waals surface area contributed by atoms with Crippen LogP contribution in [0.3, 0.4) is 0 Å². The molecule has 0 amide bonds. The molecule has 0 aromatic carbocycles. The summed E-state index contributed by atoms with van der Waals surface area (Å²) < 4.78 is 0. The highest BCUT2D eigenvalue weighted by Crippen LogP contribution is 2.15. The molecule has 1 unspecified atom stereocenters. The van der Waals surface area contributed by atoms with Crippen molar-refractivity contribution in [2.24, 2.45) is 5.92 Å². The first-order valence-corrected chi connectivity index (χ1v) is 4.02. The molecule has 66 valence electrons. The fourth-order valence-electron chi connectivity index (χ4n) is 1.12. The van der Waals surface area contributed by atoms with Gasteiger partial charge in [0.15, 0.2) is 0 Å². The lowest BCUT2D eigenvalue weighted by molar-refractivity contribution is 0.893. The molecule has 0 saturated heterocycles. The molecule has 1 rings (SSSR count). The van der Waals surface area contributed by atoms with Crippen LogP contribution in [0.1, 0.15) is 21.3 Å². The Kier molecular flexibility index (Phi) is 5.11. The maximum atomic E-state index is 2.20. The van der Waals surface area contributed by atoms with E-state index >= 15 is 0 Å². The maximum absolute atomic E-state index is 2.20. The van der Waals surface area contributed by atoms with Gasteiger partial charge in [-0.05, 0) is 18.4 Å². The van der Waals surface area contributed by atoms with Gasteiger partial charge in [-0.2, -0.15) is 0 Å². The number of rotatable bonds is 1. The van der Waals surface area contributed by atoms with Crippen LogP contribution in [-0.4, -0.2) is 0 Å². The van der Waals surface area contributed by atoms with Crippen molar-refractivity contribution in [1.29, 1.82) is 0 Å². The third-order valence-corrected chi connectivity index (χ3v) is 1.80. The van der Waals surface area contributed by atoms with Crippen molar-refractivity contribution >= 4 is 0 Å². The Morgan fingerprint density at radius 3 is 2.67 bits per heavy atom. The first kappa shape index (κ1) is 11.0. The van der Waals surface area contributed by atoms with E-state index in [1.165, 1.54) is 5.57 Å². The summed E-state index contributed by atoms with van der Waals surface area (Å²) in [6.45, 7) is 4.25. The van der Waals surface area contributed by atoms with E-state index in [1.807, 2.05) is 6.92 Å². The van der Waals surface area contributed by atoms with Crippen LogP contribution >= 0.6 is 0 Å². The van der Waals surface area contributed by atoms with E-state index in [0.717, 1.165) is 0 Å². The second kappa shape index (κ2) is 5.59. The van der Waals surface area contributed by atoms with Crippen LogP contribution in [0.4, 0.5) is 0 Å². The minimum atomic E-state index is 0. The average Bonchev–Trinajstić information content (AvgIpc) is 2.18. The monoisotopic (exact) mass is 162 g/mol. The molecule has 0 aromatic rings. The fraction of sp³-hybridized carbons (Fsp3) is 0.333. The summed E-state index contributed by atoms with van der Waals surface area (Å²) in [4.78, 5) is 0. The van der Waals surface area contributed by atoms with E-state index in [2.05, 4.69) is 49.5 Å². The standard InChI is InChI=1S/C11H14.CH4/c1-3-7-11-9-6-4-5-8-10(11)2;/h3-10H,1-2H3;1H4/b7-3-;.